The van der Waals surface area contributed by atoms with E-state index < -0.39 is 11.9 Å². The van der Waals surface area contributed by atoms with Gasteiger partial charge in [-0.2, -0.15) is 0 Å². The molecule has 1 aromatic rings. The smallest absolute Gasteiger partial charge is 0.244 e. The van der Waals surface area contributed by atoms with E-state index in [2.05, 4.69) is 5.32 Å². The number of carbonyl (C=O) groups excluding carboxylic acids is 2. The van der Waals surface area contributed by atoms with Crippen molar-refractivity contribution in [1.29, 1.82) is 0 Å². The molecule has 1 atom stereocenters. The fourth-order valence-electron chi connectivity index (χ4n) is 1.45. The Hall–Kier alpha value is -2.10. The third-order valence-electron chi connectivity index (χ3n) is 2.14. The molecule has 0 spiro atoms. The van der Waals surface area contributed by atoms with E-state index in [0.717, 1.165) is 11.6 Å². The van der Waals surface area contributed by atoms with Gasteiger partial charge in [-0.15, -0.1) is 0 Å². The number of carbonyl (C=O) groups is 2. The number of hydrogen-bond donors (Lipinski definition) is 1. The van der Waals surface area contributed by atoms with E-state index in [1.807, 2.05) is 37.3 Å². The molecule has 4 nitrogen and oxygen atoms in total. The van der Waals surface area contributed by atoms with Crippen molar-refractivity contribution in [3.05, 3.63) is 48.0 Å². The fourth-order valence-corrected chi connectivity index (χ4v) is 1.45. The highest BCUT2D eigenvalue weighted by atomic mass is 16.4. The molecule has 0 aliphatic heterocycles. The summed E-state index contributed by atoms with van der Waals surface area (Å²) in [5.74, 6) is -1.81. The van der Waals surface area contributed by atoms with Crippen LogP contribution in [0, 0.1) is 0 Å². The van der Waals surface area contributed by atoms with Crippen LogP contribution in [0.3, 0.4) is 0 Å². The van der Waals surface area contributed by atoms with Crippen LogP contribution in [0.15, 0.2) is 42.5 Å². The molecular formula is C13H14NO3-. The van der Waals surface area contributed by atoms with Crippen LogP contribution in [0.1, 0.15) is 12.5 Å². The summed E-state index contributed by atoms with van der Waals surface area (Å²) in [5, 5.41) is 12.8. The first-order valence-electron chi connectivity index (χ1n) is 5.31. The number of amides is 1. The molecule has 0 heterocycles. The van der Waals surface area contributed by atoms with Crippen LogP contribution < -0.4 is 10.4 Å². The number of carboxylic acid groups (broad SMARTS) is 1. The summed E-state index contributed by atoms with van der Waals surface area (Å²) < 4.78 is 0. The summed E-state index contributed by atoms with van der Waals surface area (Å²) in [5.41, 5.74) is 1.11. The lowest BCUT2D eigenvalue weighted by Crippen LogP contribution is -2.33. The highest BCUT2D eigenvalue weighted by molar-refractivity contribution is 5.93. The van der Waals surface area contributed by atoms with Crippen LogP contribution in [0.5, 0.6) is 0 Å². The Labute approximate surface area is 100.0 Å². The van der Waals surface area contributed by atoms with Crippen molar-refractivity contribution in [3.8, 4) is 0 Å². The summed E-state index contributed by atoms with van der Waals surface area (Å²) in [6, 6.07) is 9.67. The van der Waals surface area contributed by atoms with Crippen molar-refractivity contribution >= 4 is 11.9 Å². The Morgan fingerprint density at radius 1 is 1.29 bits per heavy atom. The van der Waals surface area contributed by atoms with Crippen LogP contribution in [0.25, 0.3) is 0 Å². The zero-order valence-electron chi connectivity index (χ0n) is 9.55. The van der Waals surface area contributed by atoms with E-state index >= 15 is 0 Å². The SMILES string of the molecule is C[C@@H](Cc1ccccc1)NC(=O)C=CC(=O)[O-]. The maximum absolute atomic E-state index is 11.3. The minimum absolute atomic E-state index is 0.0590. The molecule has 1 amide bonds. The molecule has 1 rings (SSSR count). The van der Waals surface area contributed by atoms with Crippen LogP contribution >= 0.6 is 0 Å². The number of nitrogens with one attached hydrogen (secondary N) is 1. The van der Waals surface area contributed by atoms with Crippen LogP contribution in [-0.4, -0.2) is 17.9 Å². The molecule has 1 aromatic carbocycles. The molecule has 0 aliphatic carbocycles. The van der Waals surface area contributed by atoms with Crippen molar-refractivity contribution in [2.24, 2.45) is 0 Å². The maximum Gasteiger partial charge on any atom is 0.244 e. The van der Waals surface area contributed by atoms with Crippen LogP contribution in [0.4, 0.5) is 0 Å². The first-order valence-corrected chi connectivity index (χ1v) is 5.31. The number of rotatable bonds is 5. The molecule has 17 heavy (non-hydrogen) atoms. The van der Waals surface area contributed by atoms with Gasteiger partial charge in [-0.25, -0.2) is 0 Å². The van der Waals surface area contributed by atoms with Gasteiger partial charge < -0.3 is 15.2 Å². The fraction of sp³-hybridized carbons (Fsp3) is 0.231. The molecule has 1 N–H and O–H groups in total. The van der Waals surface area contributed by atoms with Gasteiger partial charge >= 0.3 is 0 Å². The van der Waals surface area contributed by atoms with Gasteiger partial charge in [-0.3, -0.25) is 4.79 Å². The molecule has 0 saturated carbocycles. The van der Waals surface area contributed by atoms with Crippen molar-refractivity contribution in [2.75, 3.05) is 0 Å². The second-order valence-corrected chi connectivity index (χ2v) is 3.75. The van der Waals surface area contributed by atoms with Crippen molar-refractivity contribution in [1.82, 2.24) is 5.32 Å². The number of hydrogen-bond acceptors (Lipinski definition) is 3. The third-order valence-corrected chi connectivity index (χ3v) is 2.14. The first kappa shape index (κ1) is 13.0. The Bertz CT molecular complexity index is 412. The molecule has 90 valence electrons. The number of aliphatic carboxylic acids is 1. The minimum atomic E-state index is -1.38. The monoisotopic (exact) mass is 232 g/mol. The van der Waals surface area contributed by atoms with E-state index in [1.54, 1.807) is 0 Å². The minimum Gasteiger partial charge on any atom is -0.545 e. The Morgan fingerprint density at radius 2 is 1.94 bits per heavy atom. The summed E-state index contributed by atoms with van der Waals surface area (Å²) in [6.07, 6.45) is 2.37. The van der Waals surface area contributed by atoms with Gasteiger partial charge in [-0.1, -0.05) is 30.3 Å². The zero-order chi connectivity index (χ0) is 12.7. The molecule has 0 unspecified atom stereocenters. The molecule has 0 radical (unpaired) electrons. The van der Waals surface area contributed by atoms with Gasteiger partial charge in [0.25, 0.3) is 0 Å². The largest absolute Gasteiger partial charge is 0.545 e. The molecule has 0 saturated heterocycles. The quantitative estimate of drug-likeness (QED) is 0.729. The Balaban J connectivity index is 2.42. The third kappa shape index (κ3) is 5.51. The number of benzene rings is 1. The summed E-state index contributed by atoms with van der Waals surface area (Å²) >= 11 is 0. The highest BCUT2D eigenvalue weighted by Gasteiger charge is 2.05. The van der Waals surface area contributed by atoms with Crippen molar-refractivity contribution < 1.29 is 14.7 Å². The second-order valence-electron chi connectivity index (χ2n) is 3.75. The predicted octanol–water partition coefficient (Wildman–Crippen LogP) is 0.0399. The lowest BCUT2D eigenvalue weighted by Gasteiger charge is -2.12. The molecule has 4 heteroatoms. The van der Waals surface area contributed by atoms with E-state index in [9.17, 15) is 14.7 Å². The lowest BCUT2D eigenvalue weighted by molar-refractivity contribution is -0.297. The Morgan fingerprint density at radius 3 is 2.53 bits per heavy atom. The lowest BCUT2D eigenvalue weighted by atomic mass is 10.1. The standard InChI is InChI=1S/C13H15NO3/c1-10(9-11-5-3-2-4-6-11)14-12(15)7-8-13(16)17/h2-8,10H,9H2,1H3,(H,14,15)(H,16,17)/p-1/t10-/m0/s1. The van der Waals surface area contributed by atoms with E-state index in [0.29, 0.717) is 12.5 Å². The van der Waals surface area contributed by atoms with E-state index in [-0.39, 0.29) is 6.04 Å². The molecule has 0 bridgehead atoms. The molecule has 0 fully saturated rings. The number of carboxylic acids is 1. The van der Waals surface area contributed by atoms with E-state index in [4.69, 9.17) is 0 Å². The van der Waals surface area contributed by atoms with Crippen molar-refractivity contribution in [3.63, 3.8) is 0 Å². The summed E-state index contributed by atoms with van der Waals surface area (Å²) in [6.45, 7) is 1.86. The Kier molecular flexibility index (Phi) is 4.94. The summed E-state index contributed by atoms with van der Waals surface area (Å²) in [4.78, 5) is 21.4. The zero-order valence-corrected chi connectivity index (χ0v) is 9.55. The van der Waals surface area contributed by atoms with Gasteiger partial charge in [0.2, 0.25) is 5.91 Å². The molecule has 0 aliphatic rings. The van der Waals surface area contributed by atoms with Gasteiger partial charge in [-0.05, 0) is 25.0 Å². The first-order chi connectivity index (χ1) is 8.08. The average molecular weight is 232 g/mol. The van der Waals surface area contributed by atoms with Crippen molar-refractivity contribution in [2.45, 2.75) is 19.4 Å². The maximum atomic E-state index is 11.3. The topological polar surface area (TPSA) is 69.2 Å². The molecular weight excluding hydrogens is 218 g/mol. The van der Waals surface area contributed by atoms with Gasteiger partial charge in [0.05, 0.1) is 5.97 Å². The molecule has 0 aromatic heterocycles. The van der Waals surface area contributed by atoms with Gasteiger partial charge in [0, 0.05) is 12.1 Å². The van der Waals surface area contributed by atoms with Crippen LogP contribution in [-0.2, 0) is 16.0 Å². The van der Waals surface area contributed by atoms with Gasteiger partial charge in [0.1, 0.15) is 0 Å². The predicted molar refractivity (Wildman–Crippen MR) is 61.9 cm³/mol. The second kappa shape index (κ2) is 6.48. The van der Waals surface area contributed by atoms with Crippen LogP contribution in [0.2, 0.25) is 0 Å². The van der Waals surface area contributed by atoms with Gasteiger partial charge in [0.15, 0.2) is 0 Å². The average Bonchev–Trinajstić information content (AvgIpc) is 2.27. The summed E-state index contributed by atoms with van der Waals surface area (Å²) in [7, 11) is 0. The van der Waals surface area contributed by atoms with E-state index in [1.165, 1.54) is 0 Å². The highest BCUT2D eigenvalue weighted by Crippen LogP contribution is 2.02. The normalized spacial score (nSPS) is 12.3.